The molecule has 1 amide bonds. The summed E-state index contributed by atoms with van der Waals surface area (Å²) in [6.45, 7) is 0. The topological polar surface area (TPSA) is 54.0 Å². The molecule has 0 aliphatic rings. The Balaban J connectivity index is 2.37. The predicted octanol–water partition coefficient (Wildman–Crippen LogP) is 2.93. The van der Waals surface area contributed by atoms with E-state index in [1.807, 2.05) is 5.32 Å². The largest absolute Gasteiger partial charge is 0.372 e. The quantitative estimate of drug-likeness (QED) is 0.677. The highest BCUT2D eigenvalue weighted by Gasteiger charge is 2.17. The molecule has 0 aliphatic carbocycles. The van der Waals surface area contributed by atoms with Crippen LogP contribution in [0.2, 0.25) is 0 Å². The van der Waals surface area contributed by atoms with E-state index in [0.717, 1.165) is 12.3 Å². The molecule has 1 heterocycles. The SMILES string of the molecule is CNc1ncc(F)cc1C(=O)Nc1cc(F)cc(F)c1F. The van der Waals surface area contributed by atoms with Crippen molar-refractivity contribution in [2.75, 3.05) is 17.7 Å². The van der Waals surface area contributed by atoms with Crippen LogP contribution in [-0.4, -0.2) is 17.9 Å². The highest BCUT2D eigenvalue weighted by molar-refractivity contribution is 6.07. The molecule has 0 saturated heterocycles. The lowest BCUT2D eigenvalue weighted by Gasteiger charge is -2.10. The van der Waals surface area contributed by atoms with E-state index >= 15 is 0 Å². The van der Waals surface area contributed by atoms with Crippen LogP contribution in [0.15, 0.2) is 24.4 Å². The van der Waals surface area contributed by atoms with Crippen molar-refractivity contribution in [2.24, 2.45) is 0 Å². The molecule has 0 bridgehead atoms. The summed E-state index contributed by atoms with van der Waals surface area (Å²) in [5.74, 6) is -5.64. The Kier molecular flexibility index (Phi) is 4.06. The van der Waals surface area contributed by atoms with Crippen molar-refractivity contribution in [3.8, 4) is 0 Å². The summed E-state index contributed by atoms with van der Waals surface area (Å²) in [5.41, 5.74) is -0.926. The predicted molar refractivity (Wildman–Crippen MR) is 68.0 cm³/mol. The fourth-order valence-electron chi connectivity index (χ4n) is 1.65. The van der Waals surface area contributed by atoms with Gasteiger partial charge in [0.2, 0.25) is 0 Å². The van der Waals surface area contributed by atoms with Crippen LogP contribution >= 0.6 is 0 Å². The van der Waals surface area contributed by atoms with Crippen molar-refractivity contribution in [1.82, 2.24) is 4.98 Å². The minimum Gasteiger partial charge on any atom is -0.372 e. The maximum atomic E-state index is 13.5. The zero-order valence-corrected chi connectivity index (χ0v) is 10.7. The first-order chi connectivity index (χ1) is 9.92. The normalized spacial score (nSPS) is 10.3. The summed E-state index contributed by atoms with van der Waals surface area (Å²) in [4.78, 5) is 15.6. The van der Waals surface area contributed by atoms with E-state index in [1.54, 1.807) is 0 Å². The maximum Gasteiger partial charge on any atom is 0.259 e. The number of halogens is 4. The van der Waals surface area contributed by atoms with E-state index in [9.17, 15) is 22.4 Å². The van der Waals surface area contributed by atoms with Crippen molar-refractivity contribution in [1.29, 1.82) is 0 Å². The second-order valence-electron chi connectivity index (χ2n) is 4.00. The number of rotatable bonds is 3. The van der Waals surface area contributed by atoms with Crippen LogP contribution in [0.1, 0.15) is 10.4 Å². The fourth-order valence-corrected chi connectivity index (χ4v) is 1.65. The van der Waals surface area contributed by atoms with Crippen molar-refractivity contribution in [3.05, 3.63) is 53.2 Å². The summed E-state index contributed by atoms with van der Waals surface area (Å²) < 4.78 is 52.7. The number of anilines is 2. The van der Waals surface area contributed by atoms with Crippen molar-refractivity contribution >= 4 is 17.4 Å². The first-order valence-electron chi connectivity index (χ1n) is 5.71. The van der Waals surface area contributed by atoms with Gasteiger partial charge in [-0.25, -0.2) is 22.5 Å². The molecule has 4 nitrogen and oxygen atoms in total. The Bertz CT molecular complexity index is 706. The van der Waals surface area contributed by atoms with Crippen molar-refractivity contribution in [3.63, 3.8) is 0 Å². The number of pyridine rings is 1. The Morgan fingerprint density at radius 2 is 1.81 bits per heavy atom. The molecule has 0 radical (unpaired) electrons. The summed E-state index contributed by atoms with van der Waals surface area (Å²) in [5, 5.41) is 4.52. The van der Waals surface area contributed by atoms with Crippen LogP contribution in [0.4, 0.5) is 29.1 Å². The van der Waals surface area contributed by atoms with Crippen LogP contribution < -0.4 is 10.6 Å². The molecular formula is C13H9F4N3O. The average Bonchev–Trinajstić information content (AvgIpc) is 2.44. The van der Waals surface area contributed by atoms with Crippen LogP contribution in [0.5, 0.6) is 0 Å². The summed E-state index contributed by atoms with van der Waals surface area (Å²) in [6.07, 6.45) is 0.880. The van der Waals surface area contributed by atoms with Crippen molar-refractivity contribution < 1.29 is 22.4 Å². The van der Waals surface area contributed by atoms with Gasteiger partial charge < -0.3 is 10.6 Å². The lowest BCUT2D eigenvalue weighted by Crippen LogP contribution is -2.16. The monoisotopic (exact) mass is 299 g/mol. The minimum atomic E-state index is -1.45. The van der Waals surface area contributed by atoms with Gasteiger partial charge >= 0.3 is 0 Å². The fraction of sp³-hybridized carbons (Fsp3) is 0.0769. The Morgan fingerprint density at radius 1 is 1.10 bits per heavy atom. The number of aromatic nitrogens is 1. The van der Waals surface area contributed by atoms with Gasteiger partial charge in [0, 0.05) is 19.2 Å². The minimum absolute atomic E-state index is 0.0335. The van der Waals surface area contributed by atoms with E-state index in [1.165, 1.54) is 7.05 Å². The number of carbonyl (C=O) groups excluding carboxylic acids is 1. The van der Waals surface area contributed by atoms with E-state index in [2.05, 4.69) is 10.3 Å². The lowest BCUT2D eigenvalue weighted by molar-refractivity contribution is 0.102. The third kappa shape index (κ3) is 3.10. The molecule has 1 aromatic carbocycles. The van der Waals surface area contributed by atoms with E-state index in [4.69, 9.17) is 0 Å². The molecule has 2 rings (SSSR count). The number of benzene rings is 1. The third-order valence-corrected chi connectivity index (χ3v) is 2.58. The number of hydrogen-bond donors (Lipinski definition) is 2. The number of carbonyl (C=O) groups is 1. The van der Waals surface area contributed by atoms with Gasteiger partial charge in [0.05, 0.1) is 17.4 Å². The van der Waals surface area contributed by atoms with Gasteiger partial charge in [0.15, 0.2) is 11.6 Å². The lowest BCUT2D eigenvalue weighted by atomic mass is 10.2. The van der Waals surface area contributed by atoms with Gasteiger partial charge in [-0.1, -0.05) is 0 Å². The molecular weight excluding hydrogens is 290 g/mol. The Hall–Kier alpha value is -2.64. The molecule has 0 spiro atoms. The second kappa shape index (κ2) is 5.78. The standard InChI is InChI=1S/C13H9F4N3O/c1-18-12-8(2-7(15)5-19-12)13(21)20-10-4-6(14)3-9(16)11(10)17/h2-5H,1H3,(H,18,19)(H,20,21). The molecule has 2 N–H and O–H groups in total. The molecule has 2 aromatic rings. The van der Waals surface area contributed by atoms with Crippen LogP contribution in [-0.2, 0) is 0 Å². The van der Waals surface area contributed by atoms with Gasteiger partial charge in [0.1, 0.15) is 17.5 Å². The Morgan fingerprint density at radius 3 is 2.48 bits per heavy atom. The first-order valence-corrected chi connectivity index (χ1v) is 5.71. The molecule has 110 valence electrons. The molecule has 21 heavy (non-hydrogen) atoms. The molecule has 0 unspecified atom stereocenters. The number of nitrogens with zero attached hydrogens (tertiary/aromatic N) is 1. The second-order valence-corrected chi connectivity index (χ2v) is 4.00. The van der Waals surface area contributed by atoms with Gasteiger partial charge in [-0.15, -0.1) is 0 Å². The number of hydrogen-bond acceptors (Lipinski definition) is 3. The highest BCUT2D eigenvalue weighted by Crippen LogP contribution is 2.21. The average molecular weight is 299 g/mol. The molecule has 1 aromatic heterocycles. The van der Waals surface area contributed by atoms with Crippen LogP contribution in [0.3, 0.4) is 0 Å². The molecule has 8 heteroatoms. The summed E-state index contributed by atoms with van der Waals surface area (Å²) in [7, 11) is 1.44. The van der Waals surface area contributed by atoms with Gasteiger partial charge in [0.25, 0.3) is 5.91 Å². The third-order valence-electron chi connectivity index (χ3n) is 2.58. The van der Waals surface area contributed by atoms with Gasteiger partial charge in [-0.3, -0.25) is 4.79 Å². The Labute approximate surface area is 116 Å². The number of amides is 1. The highest BCUT2D eigenvalue weighted by atomic mass is 19.2. The van der Waals surface area contributed by atoms with Crippen LogP contribution in [0.25, 0.3) is 0 Å². The van der Waals surface area contributed by atoms with Gasteiger partial charge in [-0.05, 0) is 6.07 Å². The van der Waals surface area contributed by atoms with Crippen molar-refractivity contribution in [2.45, 2.75) is 0 Å². The van der Waals surface area contributed by atoms with Crippen LogP contribution in [0, 0.1) is 23.3 Å². The molecule has 0 fully saturated rings. The maximum absolute atomic E-state index is 13.5. The smallest absolute Gasteiger partial charge is 0.259 e. The summed E-state index contributed by atoms with van der Waals surface area (Å²) >= 11 is 0. The molecule has 0 saturated carbocycles. The number of nitrogens with one attached hydrogen (secondary N) is 2. The van der Waals surface area contributed by atoms with E-state index < -0.39 is 34.9 Å². The van der Waals surface area contributed by atoms with E-state index in [0.29, 0.717) is 12.1 Å². The molecule has 0 aliphatic heterocycles. The zero-order chi connectivity index (χ0) is 15.6. The van der Waals surface area contributed by atoms with Gasteiger partial charge in [-0.2, -0.15) is 0 Å². The van der Waals surface area contributed by atoms with E-state index in [-0.39, 0.29) is 11.4 Å². The molecule has 0 atom stereocenters. The zero-order valence-electron chi connectivity index (χ0n) is 10.7. The summed E-state index contributed by atoms with van der Waals surface area (Å²) in [6, 6.07) is 1.82. The first kappa shape index (κ1) is 14.8.